The largest absolute Gasteiger partial charge is 0.319 e. The van der Waals surface area contributed by atoms with Crippen LogP contribution in [0.1, 0.15) is 23.6 Å². The lowest BCUT2D eigenvalue weighted by atomic mass is 9.97. The summed E-state index contributed by atoms with van der Waals surface area (Å²) in [6, 6.07) is 6.24. The fourth-order valence-electron chi connectivity index (χ4n) is 1.71. The highest BCUT2D eigenvalue weighted by molar-refractivity contribution is 5.83. The highest BCUT2D eigenvalue weighted by Crippen LogP contribution is 2.12. The van der Waals surface area contributed by atoms with E-state index in [9.17, 15) is 4.79 Å². The van der Waals surface area contributed by atoms with Crippen LogP contribution >= 0.6 is 0 Å². The Morgan fingerprint density at radius 2 is 2.00 bits per heavy atom. The Morgan fingerprint density at radius 1 is 1.31 bits per heavy atom. The van der Waals surface area contributed by atoms with E-state index >= 15 is 0 Å². The number of Topliss-reactive ketones (excluding diaryl/α,β-unsaturated/α-hetero) is 1. The minimum atomic E-state index is 0.0895. The Morgan fingerprint density at radius 3 is 2.56 bits per heavy atom. The molecule has 0 radical (unpaired) electrons. The first kappa shape index (κ1) is 12.9. The van der Waals surface area contributed by atoms with Gasteiger partial charge < -0.3 is 5.32 Å². The molecule has 1 rings (SSSR count). The molecule has 0 fully saturated rings. The molecule has 2 nitrogen and oxygen atoms in total. The predicted molar refractivity (Wildman–Crippen MR) is 67.7 cm³/mol. The van der Waals surface area contributed by atoms with Gasteiger partial charge in [-0.15, -0.1) is 0 Å². The summed E-state index contributed by atoms with van der Waals surface area (Å²) in [7, 11) is 1.87. The summed E-state index contributed by atoms with van der Waals surface area (Å²) in [4.78, 5) is 11.9. The molecule has 1 N–H and O–H groups in total. The topological polar surface area (TPSA) is 29.1 Å². The molecule has 0 saturated carbocycles. The van der Waals surface area contributed by atoms with Gasteiger partial charge in [-0.05, 0) is 37.6 Å². The molecule has 0 heterocycles. The van der Waals surface area contributed by atoms with Crippen molar-refractivity contribution >= 4 is 5.78 Å². The van der Waals surface area contributed by atoms with Crippen molar-refractivity contribution in [2.24, 2.45) is 5.92 Å². The Hall–Kier alpha value is -1.15. The first-order chi connectivity index (χ1) is 7.54. The molecule has 1 unspecified atom stereocenters. The van der Waals surface area contributed by atoms with Crippen molar-refractivity contribution in [3.8, 4) is 0 Å². The van der Waals surface area contributed by atoms with Gasteiger partial charge in [-0.1, -0.05) is 25.1 Å². The first-order valence-corrected chi connectivity index (χ1v) is 5.78. The van der Waals surface area contributed by atoms with Crippen molar-refractivity contribution in [2.75, 3.05) is 13.6 Å². The molecule has 16 heavy (non-hydrogen) atoms. The third kappa shape index (κ3) is 3.46. The van der Waals surface area contributed by atoms with E-state index in [1.54, 1.807) is 0 Å². The molecule has 0 aliphatic heterocycles. The van der Waals surface area contributed by atoms with Crippen LogP contribution in [0.4, 0.5) is 0 Å². The number of hydrogen-bond donors (Lipinski definition) is 1. The number of carbonyl (C=O) groups excluding carboxylic acids is 1. The molecule has 1 atom stereocenters. The van der Waals surface area contributed by atoms with Crippen molar-refractivity contribution in [1.29, 1.82) is 0 Å². The quantitative estimate of drug-likeness (QED) is 0.823. The Kier molecular flexibility index (Phi) is 4.69. The average molecular weight is 219 g/mol. The SMILES string of the molecule is CNCC(C)C(=O)Cc1ccc(C)c(C)c1. The molecule has 0 bridgehead atoms. The maximum atomic E-state index is 11.9. The zero-order valence-corrected chi connectivity index (χ0v) is 10.6. The second-order valence-electron chi connectivity index (χ2n) is 4.52. The second-order valence-corrected chi connectivity index (χ2v) is 4.52. The third-order valence-electron chi connectivity index (χ3n) is 3.01. The van der Waals surface area contributed by atoms with Crippen LogP contribution in [-0.4, -0.2) is 19.4 Å². The highest BCUT2D eigenvalue weighted by Gasteiger charge is 2.12. The van der Waals surface area contributed by atoms with E-state index in [1.807, 2.05) is 20.0 Å². The van der Waals surface area contributed by atoms with E-state index in [1.165, 1.54) is 11.1 Å². The Labute approximate surface area is 98.1 Å². The molecule has 88 valence electrons. The lowest BCUT2D eigenvalue weighted by Crippen LogP contribution is -2.24. The zero-order chi connectivity index (χ0) is 12.1. The Bertz CT molecular complexity index is 371. The van der Waals surface area contributed by atoms with Crippen LogP contribution in [0.3, 0.4) is 0 Å². The molecule has 1 aromatic rings. The lowest BCUT2D eigenvalue weighted by Gasteiger charge is -2.10. The van der Waals surface area contributed by atoms with Crippen LogP contribution < -0.4 is 5.32 Å². The van der Waals surface area contributed by atoms with Gasteiger partial charge in [-0.3, -0.25) is 4.79 Å². The van der Waals surface area contributed by atoms with Gasteiger partial charge in [0.05, 0.1) is 0 Å². The molecular weight excluding hydrogens is 198 g/mol. The van der Waals surface area contributed by atoms with Crippen molar-refractivity contribution in [2.45, 2.75) is 27.2 Å². The summed E-state index contributed by atoms with van der Waals surface area (Å²) in [5.74, 6) is 0.393. The van der Waals surface area contributed by atoms with Gasteiger partial charge in [0.2, 0.25) is 0 Å². The maximum absolute atomic E-state index is 11.9. The number of aryl methyl sites for hydroxylation is 2. The van der Waals surface area contributed by atoms with E-state index in [0.29, 0.717) is 12.2 Å². The number of hydrogen-bond acceptors (Lipinski definition) is 2. The summed E-state index contributed by atoms with van der Waals surface area (Å²) in [6.45, 7) is 6.90. The molecule has 0 aliphatic carbocycles. The third-order valence-corrected chi connectivity index (χ3v) is 3.01. The van der Waals surface area contributed by atoms with E-state index in [2.05, 4.69) is 31.3 Å². The number of benzene rings is 1. The van der Waals surface area contributed by atoms with Gasteiger partial charge >= 0.3 is 0 Å². The maximum Gasteiger partial charge on any atom is 0.141 e. The number of rotatable bonds is 5. The molecule has 2 heteroatoms. The van der Waals surface area contributed by atoms with Gasteiger partial charge in [-0.25, -0.2) is 0 Å². The van der Waals surface area contributed by atoms with E-state index in [4.69, 9.17) is 0 Å². The van der Waals surface area contributed by atoms with Crippen LogP contribution in [0, 0.1) is 19.8 Å². The van der Waals surface area contributed by atoms with Crippen molar-refractivity contribution in [3.05, 3.63) is 34.9 Å². The van der Waals surface area contributed by atoms with Gasteiger partial charge in [0.15, 0.2) is 0 Å². The molecule has 0 saturated heterocycles. The van der Waals surface area contributed by atoms with Crippen LogP contribution in [0.5, 0.6) is 0 Å². The molecule has 0 spiro atoms. The van der Waals surface area contributed by atoms with Crippen molar-refractivity contribution in [3.63, 3.8) is 0 Å². The van der Waals surface area contributed by atoms with Gasteiger partial charge in [-0.2, -0.15) is 0 Å². The fourth-order valence-corrected chi connectivity index (χ4v) is 1.71. The van der Waals surface area contributed by atoms with Gasteiger partial charge in [0.1, 0.15) is 5.78 Å². The zero-order valence-electron chi connectivity index (χ0n) is 10.6. The molecule has 0 amide bonds. The minimum Gasteiger partial charge on any atom is -0.319 e. The predicted octanol–water partition coefficient (Wildman–Crippen LogP) is 2.27. The van der Waals surface area contributed by atoms with E-state index in [-0.39, 0.29) is 5.92 Å². The normalized spacial score (nSPS) is 12.5. The highest BCUT2D eigenvalue weighted by atomic mass is 16.1. The molecule has 0 aliphatic rings. The minimum absolute atomic E-state index is 0.0895. The Balaban J connectivity index is 2.66. The van der Waals surface area contributed by atoms with Crippen LogP contribution in [0.25, 0.3) is 0 Å². The number of carbonyl (C=O) groups is 1. The van der Waals surface area contributed by atoms with Crippen LogP contribution in [0.15, 0.2) is 18.2 Å². The summed E-state index contributed by atoms with van der Waals surface area (Å²) in [6.07, 6.45) is 0.546. The van der Waals surface area contributed by atoms with Crippen LogP contribution in [-0.2, 0) is 11.2 Å². The molecule has 1 aromatic carbocycles. The fraction of sp³-hybridized carbons (Fsp3) is 0.500. The lowest BCUT2D eigenvalue weighted by molar-refractivity contribution is -0.121. The first-order valence-electron chi connectivity index (χ1n) is 5.78. The van der Waals surface area contributed by atoms with Gasteiger partial charge in [0.25, 0.3) is 0 Å². The number of nitrogens with one attached hydrogen (secondary N) is 1. The van der Waals surface area contributed by atoms with Crippen LogP contribution in [0.2, 0.25) is 0 Å². The summed E-state index contributed by atoms with van der Waals surface area (Å²) in [5, 5.41) is 3.03. The van der Waals surface area contributed by atoms with Crippen molar-refractivity contribution in [1.82, 2.24) is 5.32 Å². The molecular formula is C14H21NO. The number of ketones is 1. The average Bonchev–Trinajstić information content (AvgIpc) is 2.24. The molecule has 0 aromatic heterocycles. The second kappa shape index (κ2) is 5.80. The summed E-state index contributed by atoms with van der Waals surface area (Å²) < 4.78 is 0. The summed E-state index contributed by atoms with van der Waals surface area (Å²) in [5.41, 5.74) is 3.65. The van der Waals surface area contributed by atoms with Gasteiger partial charge in [0, 0.05) is 18.9 Å². The van der Waals surface area contributed by atoms with E-state index in [0.717, 1.165) is 12.1 Å². The van der Waals surface area contributed by atoms with E-state index < -0.39 is 0 Å². The standard InChI is InChI=1S/C14H21NO/c1-10-5-6-13(7-11(10)2)8-14(16)12(3)9-15-4/h5-7,12,15H,8-9H2,1-4H3. The summed E-state index contributed by atoms with van der Waals surface area (Å²) >= 11 is 0. The monoisotopic (exact) mass is 219 g/mol. The smallest absolute Gasteiger partial charge is 0.141 e. The van der Waals surface area contributed by atoms with Crippen molar-refractivity contribution < 1.29 is 4.79 Å².